The van der Waals surface area contributed by atoms with Crippen molar-refractivity contribution in [2.24, 2.45) is 5.73 Å². The first-order valence-corrected chi connectivity index (χ1v) is 6.39. The molecule has 4 heteroatoms. The van der Waals surface area contributed by atoms with Gasteiger partial charge in [0.05, 0.1) is 12.3 Å². The number of benzene rings is 1. The first kappa shape index (κ1) is 14.9. The van der Waals surface area contributed by atoms with Crippen LogP contribution in [0.15, 0.2) is 24.3 Å². The van der Waals surface area contributed by atoms with Crippen molar-refractivity contribution in [3.8, 4) is 0 Å². The molecular weight excluding hydrogens is 231 g/mol. The molecule has 0 aliphatic heterocycles. The fraction of sp³-hybridized carbons (Fsp3) is 0.571. The van der Waals surface area contributed by atoms with Gasteiger partial charge in [-0.3, -0.25) is 0 Å². The fourth-order valence-electron chi connectivity index (χ4n) is 1.91. The Morgan fingerprint density at radius 2 is 2.06 bits per heavy atom. The van der Waals surface area contributed by atoms with Crippen LogP contribution in [0.1, 0.15) is 26.7 Å². The molecule has 0 fully saturated rings. The van der Waals surface area contributed by atoms with E-state index in [0.29, 0.717) is 12.1 Å². The summed E-state index contributed by atoms with van der Waals surface area (Å²) in [6.45, 7) is 5.29. The van der Waals surface area contributed by atoms with Crippen molar-refractivity contribution in [2.45, 2.75) is 32.2 Å². The van der Waals surface area contributed by atoms with Gasteiger partial charge in [0, 0.05) is 18.6 Å². The molecule has 0 spiro atoms. The highest BCUT2D eigenvalue weighted by Gasteiger charge is 2.17. The van der Waals surface area contributed by atoms with E-state index in [2.05, 4.69) is 0 Å². The van der Waals surface area contributed by atoms with Gasteiger partial charge in [0.15, 0.2) is 0 Å². The molecule has 0 aliphatic rings. The highest BCUT2D eigenvalue weighted by atomic mass is 19.1. The quantitative estimate of drug-likeness (QED) is 0.784. The Labute approximate surface area is 108 Å². The van der Waals surface area contributed by atoms with E-state index in [1.807, 2.05) is 24.8 Å². The second-order valence-electron chi connectivity index (χ2n) is 4.95. The van der Waals surface area contributed by atoms with E-state index >= 15 is 0 Å². The molecule has 1 aromatic rings. The second kappa shape index (κ2) is 6.71. The third-order valence-electron chi connectivity index (χ3n) is 3.11. The average Bonchev–Trinajstić information content (AvgIpc) is 2.36. The third-order valence-corrected chi connectivity index (χ3v) is 3.11. The summed E-state index contributed by atoms with van der Waals surface area (Å²) in [5.41, 5.74) is 5.95. The highest BCUT2D eigenvalue weighted by Crippen LogP contribution is 2.19. The van der Waals surface area contributed by atoms with Crippen LogP contribution in [0.25, 0.3) is 0 Å². The van der Waals surface area contributed by atoms with Crippen LogP contribution in [-0.2, 0) is 0 Å². The SMILES string of the molecule is CCN(CCCC(C)(N)CO)c1ccccc1F. The van der Waals surface area contributed by atoms with E-state index in [9.17, 15) is 4.39 Å². The molecule has 0 saturated carbocycles. The molecule has 1 rings (SSSR count). The van der Waals surface area contributed by atoms with Gasteiger partial charge in [-0.15, -0.1) is 0 Å². The number of anilines is 1. The molecule has 0 aromatic heterocycles. The highest BCUT2D eigenvalue weighted by molar-refractivity contribution is 5.47. The second-order valence-corrected chi connectivity index (χ2v) is 4.95. The summed E-state index contributed by atoms with van der Waals surface area (Å²) in [5.74, 6) is -0.197. The lowest BCUT2D eigenvalue weighted by Gasteiger charge is -2.26. The molecule has 3 N–H and O–H groups in total. The van der Waals surface area contributed by atoms with Gasteiger partial charge in [0.2, 0.25) is 0 Å². The molecule has 18 heavy (non-hydrogen) atoms. The van der Waals surface area contributed by atoms with Crippen molar-refractivity contribution in [1.29, 1.82) is 0 Å². The summed E-state index contributed by atoms with van der Waals surface area (Å²) in [6, 6.07) is 6.78. The van der Waals surface area contributed by atoms with Gasteiger partial charge >= 0.3 is 0 Å². The number of aliphatic hydroxyl groups is 1. The number of para-hydroxylation sites is 1. The van der Waals surface area contributed by atoms with E-state index < -0.39 is 5.54 Å². The van der Waals surface area contributed by atoms with Crippen molar-refractivity contribution >= 4 is 5.69 Å². The van der Waals surface area contributed by atoms with Gasteiger partial charge in [0.1, 0.15) is 5.82 Å². The zero-order valence-corrected chi connectivity index (χ0v) is 11.2. The van der Waals surface area contributed by atoms with Crippen LogP contribution in [0.4, 0.5) is 10.1 Å². The Hall–Kier alpha value is -1.13. The minimum Gasteiger partial charge on any atom is -0.394 e. The lowest BCUT2D eigenvalue weighted by Crippen LogP contribution is -2.41. The molecular formula is C14H23FN2O. The third kappa shape index (κ3) is 4.27. The summed E-state index contributed by atoms with van der Waals surface area (Å²) in [5, 5.41) is 9.08. The normalized spacial score (nSPS) is 14.3. The fourth-order valence-corrected chi connectivity index (χ4v) is 1.91. The predicted molar refractivity (Wildman–Crippen MR) is 73.2 cm³/mol. The van der Waals surface area contributed by atoms with Gasteiger partial charge in [-0.25, -0.2) is 4.39 Å². The molecule has 1 aromatic carbocycles. The molecule has 102 valence electrons. The van der Waals surface area contributed by atoms with Crippen molar-refractivity contribution in [3.05, 3.63) is 30.1 Å². The summed E-state index contributed by atoms with van der Waals surface area (Å²) in [7, 11) is 0. The van der Waals surface area contributed by atoms with Gasteiger partial charge < -0.3 is 15.7 Å². The van der Waals surface area contributed by atoms with Crippen LogP contribution in [0.5, 0.6) is 0 Å². The lowest BCUT2D eigenvalue weighted by molar-refractivity contribution is 0.198. The lowest BCUT2D eigenvalue weighted by atomic mass is 9.98. The Morgan fingerprint density at radius 1 is 1.39 bits per heavy atom. The molecule has 1 unspecified atom stereocenters. The number of nitrogens with zero attached hydrogens (tertiary/aromatic N) is 1. The van der Waals surface area contributed by atoms with Crippen molar-refractivity contribution < 1.29 is 9.50 Å². The van der Waals surface area contributed by atoms with Gasteiger partial charge in [-0.1, -0.05) is 12.1 Å². The summed E-state index contributed by atoms with van der Waals surface area (Å²) in [4.78, 5) is 1.99. The Kier molecular flexibility index (Phi) is 5.56. The van der Waals surface area contributed by atoms with Crippen LogP contribution in [0.3, 0.4) is 0 Å². The number of aliphatic hydroxyl groups excluding tert-OH is 1. The van der Waals surface area contributed by atoms with E-state index in [4.69, 9.17) is 10.8 Å². The van der Waals surface area contributed by atoms with E-state index in [1.165, 1.54) is 6.07 Å². The average molecular weight is 254 g/mol. The zero-order chi connectivity index (χ0) is 13.6. The number of rotatable bonds is 7. The molecule has 0 bridgehead atoms. The van der Waals surface area contributed by atoms with E-state index in [0.717, 1.165) is 19.5 Å². The maximum Gasteiger partial charge on any atom is 0.146 e. The first-order valence-electron chi connectivity index (χ1n) is 6.39. The molecule has 0 radical (unpaired) electrons. The van der Waals surface area contributed by atoms with Crippen molar-refractivity contribution in [2.75, 3.05) is 24.6 Å². The summed E-state index contributed by atoms with van der Waals surface area (Å²) < 4.78 is 13.6. The standard InChI is InChI=1S/C14H23FN2O/c1-3-17(10-6-9-14(2,16)11-18)13-8-5-4-7-12(13)15/h4-5,7-8,18H,3,6,9-11,16H2,1-2H3. The summed E-state index contributed by atoms with van der Waals surface area (Å²) in [6.07, 6.45) is 1.55. The predicted octanol–water partition coefficient (Wildman–Crippen LogP) is 2.14. The number of hydrogen-bond donors (Lipinski definition) is 2. The van der Waals surface area contributed by atoms with Crippen LogP contribution in [0.2, 0.25) is 0 Å². The molecule has 1 atom stereocenters. The van der Waals surface area contributed by atoms with Crippen LogP contribution in [0, 0.1) is 5.82 Å². The number of nitrogens with two attached hydrogens (primary N) is 1. The van der Waals surface area contributed by atoms with Crippen LogP contribution >= 0.6 is 0 Å². The Morgan fingerprint density at radius 3 is 2.61 bits per heavy atom. The van der Waals surface area contributed by atoms with Gasteiger partial charge in [0.25, 0.3) is 0 Å². The van der Waals surface area contributed by atoms with Gasteiger partial charge in [-0.05, 0) is 38.8 Å². The molecule has 0 amide bonds. The minimum atomic E-state index is -0.547. The maximum atomic E-state index is 13.6. The monoisotopic (exact) mass is 254 g/mol. The van der Waals surface area contributed by atoms with E-state index in [1.54, 1.807) is 12.1 Å². The minimum absolute atomic E-state index is 0.0289. The van der Waals surface area contributed by atoms with Crippen molar-refractivity contribution in [3.63, 3.8) is 0 Å². The van der Waals surface area contributed by atoms with Crippen molar-refractivity contribution in [1.82, 2.24) is 0 Å². The summed E-state index contributed by atoms with van der Waals surface area (Å²) >= 11 is 0. The number of hydrogen-bond acceptors (Lipinski definition) is 3. The maximum absolute atomic E-state index is 13.6. The Balaban J connectivity index is 2.56. The molecule has 0 heterocycles. The molecule has 3 nitrogen and oxygen atoms in total. The smallest absolute Gasteiger partial charge is 0.146 e. The first-order chi connectivity index (χ1) is 8.50. The van der Waals surface area contributed by atoms with E-state index in [-0.39, 0.29) is 12.4 Å². The molecule has 0 saturated heterocycles. The largest absolute Gasteiger partial charge is 0.394 e. The zero-order valence-electron chi connectivity index (χ0n) is 11.2. The topological polar surface area (TPSA) is 49.5 Å². The van der Waals surface area contributed by atoms with Gasteiger partial charge in [-0.2, -0.15) is 0 Å². The van der Waals surface area contributed by atoms with Crippen LogP contribution in [-0.4, -0.2) is 30.3 Å². The Bertz CT molecular complexity index is 369. The molecule has 0 aliphatic carbocycles. The number of halogens is 1. The van der Waals surface area contributed by atoms with Crippen LogP contribution < -0.4 is 10.6 Å².